The fourth-order valence-corrected chi connectivity index (χ4v) is 1.98. The number of hydrogen-bond acceptors (Lipinski definition) is 4. The summed E-state index contributed by atoms with van der Waals surface area (Å²) < 4.78 is 10.6. The van der Waals surface area contributed by atoms with Gasteiger partial charge in [-0.05, 0) is 24.7 Å². The first-order valence-corrected chi connectivity index (χ1v) is 6.60. The van der Waals surface area contributed by atoms with E-state index < -0.39 is 0 Å². The Morgan fingerprint density at radius 1 is 1.50 bits per heavy atom. The van der Waals surface area contributed by atoms with Crippen molar-refractivity contribution in [3.63, 3.8) is 0 Å². The number of methoxy groups -OCH3 is 1. The Morgan fingerprint density at radius 2 is 2.22 bits per heavy atom. The van der Waals surface area contributed by atoms with Gasteiger partial charge in [-0.15, -0.1) is 0 Å². The lowest BCUT2D eigenvalue weighted by Gasteiger charge is -2.25. The predicted octanol–water partition coefficient (Wildman–Crippen LogP) is 0.672. The van der Waals surface area contributed by atoms with E-state index in [4.69, 9.17) is 15.2 Å². The SMILES string of the molecule is COCCC(C)(C)CNC(=O)C1CCC(CN)O1. The van der Waals surface area contributed by atoms with E-state index in [1.54, 1.807) is 7.11 Å². The molecule has 0 aromatic carbocycles. The highest BCUT2D eigenvalue weighted by Crippen LogP contribution is 2.21. The van der Waals surface area contributed by atoms with Gasteiger partial charge in [0.1, 0.15) is 6.10 Å². The summed E-state index contributed by atoms with van der Waals surface area (Å²) in [5, 5.41) is 2.96. The van der Waals surface area contributed by atoms with Crippen molar-refractivity contribution in [1.29, 1.82) is 0 Å². The minimum Gasteiger partial charge on any atom is -0.385 e. The average Bonchev–Trinajstić information content (AvgIpc) is 2.82. The third-order valence-electron chi connectivity index (χ3n) is 3.39. The van der Waals surface area contributed by atoms with Crippen LogP contribution in [0.2, 0.25) is 0 Å². The molecule has 1 heterocycles. The number of carbonyl (C=O) groups is 1. The zero-order valence-electron chi connectivity index (χ0n) is 11.7. The molecule has 5 nitrogen and oxygen atoms in total. The van der Waals surface area contributed by atoms with E-state index in [1.165, 1.54) is 0 Å². The molecule has 0 aromatic rings. The molecule has 5 heteroatoms. The largest absolute Gasteiger partial charge is 0.385 e. The molecule has 18 heavy (non-hydrogen) atoms. The fraction of sp³-hybridized carbons (Fsp3) is 0.923. The monoisotopic (exact) mass is 258 g/mol. The molecule has 1 aliphatic rings. The topological polar surface area (TPSA) is 73.6 Å². The van der Waals surface area contributed by atoms with Crippen LogP contribution in [0.25, 0.3) is 0 Å². The molecule has 1 aliphatic heterocycles. The minimum atomic E-state index is -0.322. The van der Waals surface area contributed by atoms with Crippen molar-refractivity contribution < 1.29 is 14.3 Å². The smallest absolute Gasteiger partial charge is 0.249 e. The van der Waals surface area contributed by atoms with Gasteiger partial charge in [-0.1, -0.05) is 13.8 Å². The predicted molar refractivity (Wildman–Crippen MR) is 70.2 cm³/mol. The Bertz CT molecular complexity index is 269. The maximum atomic E-state index is 11.9. The zero-order valence-corrected chi connectivity index (χ0v) is 11.7. The van der Waals surface area contributed by atoms with Gasteiger partial charge in [-0.25, -0.2) is 0 Å². The normalized spacial score (nSPS) is 24.2. The summed E-state index contributed by atoms with van der Waals surface area (Å²) in [7, 11) is 1.69. The molecule has 0 saturated carbocycles. The molecule has 106 valence electrons. The molecule has 0 spiro atoms. The second-order valence-electron chi connectivity index (χ2n) is 5.68. The van der Waals surface area contributed by atoms with Gasteiger partial charge in [-0.3, -0.25) is 4.79 Å². The average molecular weight is 258 g/mol. The Morgan fingerprint density at radius 3 is 2.78 bits per heavy atom. The van der Waals surface area contributed by atoms with E-state index in [1.807, 2.05) is 0 Å². The first kappa shape index (κ1) is 15.4. The fourth-order valence-electron chi connectivity index (χ4n) is 1.98. The maximum Gasteiger partial charge on any atom is 0.249 e. The van der Waals surface area contributed by atoms with Gasteiger partial charge >= 0.3 is 0 Å². The van der Waals surface area contributed by atoms with Crippen molar-refractivity contribution >= 4 is 5.91 Å². The number of rotatable bonds is 7. The van der Waals surface area contributed by atoms with Crippen LogP contribution in [0, 0.1) is 5.41 Å². The van der Waals surface area contributed by atoms with E-state index >= 15 is 0 Å². The number of nitrogens with one attached hydrogen (secondary N) is 1. The van der Waals surface area contributed by atoms with Crippen LogP contribution in [-0.4, -0.2) is 44.9 Å². The molecule has 2 atom stereocenters. The lowest BCUT2D eigenvalue weighted by atomic mass is 9.89. The molecule has 0 aromatic heterocycles. The van der Waals surface area contributed by atoms with Crippen molar-refractivity contribution in [3.05, 3.63) is 0 Å². The molecular formula is C13H26N2O3. The maximum absolute atomic E-state index is 11.9. The molecule has 1 rings (SSSR count). The van der Waals surface area contributed by atoms with E-state index in [9.17, 15) is 4.79 Å². The summed E-state index contributed by atoms with van der Waals surface area (Å²) in [5.74, 6) is -0.0172. The number of ether oxygens (including phenoxy) is 2. The third kappa shape index (κ3) is 4.92. The summed E-state index contributed by atoms with van der Waals surface area (Å²) >= 11 is 0. The molecule has 1 amide bonds. The molecule has 0 bridgehead atoms. The molecule has 2 unspecified atom stereocenters. The summed E-state index contributed by atoms with van der Waals surface area (Å²) in [4.78, 5) is 11.9. The Balaban J connectivity index is 2.28. The highest BCUT2D eigenvalue weighted by Gasteiger charge is 2.30. The van der Waals surface area contributed by atoms with Crippen LogP contribution in [0.5, 0.6) is 0 Å². The van der Waals surface area contributed by atoms with Crippen molar-refractivity contribution in [1.82, 2.24) is 5.32 Å². The molecule has 1 fully saturated rings. The number of nitrogens with two attached hydrogens (primary N) is 1. The summed E-state index contributed by atoms with van der Waals surface area (Å²) in [6, 6.07) is 0. The molecular weight excluding hydrogens is 232 g/mol. The number of amides is 1. The highest BCUT2D eigenvalue weighted by molar-refractivity contribution is 5.81. The van der Waals surface area contributed by atoms with Crippen LogP contribution >= 0.6 is 0 Å². The standard InChI is InChI=1S/C13H26N2O3/c1-13(2,6-7-17-3)9-15-12(16)11-5-4-10(8-14)18-11/h10-11H,4-9,14H2,1-3H3,(H,15,16). The second-order valence-corrected chi connectivity index (χ2v) is 5.68. The second kappa shape index (κ2) is 7.07. The highest BCUT2D eigenvalue weighted by atomic mass is 16.5. The van der Waals surface area contributed by atoms with E-state index in [-0.39, 0.29) is 23.5 Å². The van der Waals surface area contributed by atoms with Crippen molar-refractivity contribution in [2.45, 2.75) is 45.3 Å². The van der Waals surface area contributed by atoms with Gasteiger partial charge in [0.05, 0.1) is 6.10 Å². The van der Waals surface area contributed by atoms with Crippen LogP contribution in [0.15, 0.2) is 0 Å². The summed E-state index contributed by atoms with van der Waals surface area (Å²) in [6.45, 7) is 6.07. The van der Waals surface area contributed by atoms with E-state index in [2.05, 4.69) is 19.2 Å². The van der Waals surface area contributed by atoms with E-state index in [0.29, 0.717) is 19.7 Å². The van der Waals surface area contributed by atoms with Crippen molar-refractivity contribution in [3.8, 4) is 0 Å². The first-order valence-electron chi connectivity index (χ1n) is 6.60. The third-order valence-corrected chi connectivity index (χ3v) is 3.39. The summed E-state index contributed by atoms with van der Waals surface area (Å²) in [6.07, 6.45) is 2.29. The number of carbonyl (C=O) groups excluding carboxylic acids is 1. The van der Waals surface area contributed by atoms with Crippen LogP contribution in [0.3, 0.4) is 0 Å². The van der Waals surface area contributed by atoms with Gasteiger partial charge < -0.3 is 20.5 Å². The quantitative estimate of drug-likeness (QED) is 0.704. The van der Waals surface area contributed by atoms with Gasteiger partial charge in [0, 0.05) is 26.8 Å². The van der Waals surface area contributed by atoms with Crippen molar-refractivity contribution in [2.75, 3.05) is 26.8 Å². The van der Waals surface area contributed by atoms with Gasteiger partial charge in [0.2, 0.25) is 5.91 Å². The minimum absolute atomic E-state index is 0.0172. The lowest BCUT2D eigenvalue weighted by Crippen LogP contribution is -2.40. The molecule has 1 saturated heterocycles. The Labute approximate surface area is 109 Å². The zero-order chi connectivity index (χ0) is 13.6. The first-order chi connectivity index (χ1) is 8.48. The number of hydrogen-bond donors (Lipinski definition) is 2. The molecule has 3 N–H and O–H groups in total. The van der Waals surface area contributed by atoms with Gasteiger partial charge in [0.15, 0.2) is 0 Å². The lowest BCUT2D eigenvalue weighted by molar-refractivity contribution is -0.132. The van der Waals surface area contributed by atoms with Crippen LogP contribution < -0.4 is 11.1 Å². The molecule has 0 radical (unpaired) electrons. The summed E-state index contributed by atoms with van der Waals surface area (Å²) in [5.41, 5.74) is 5.56. The van der Waals surface area contributed by atoms with E-state index in [0.717, 1.165) is 19.3 Å². The van der Waals surface area contributed by atoms with Crippen LogP contribution in [0.1, 0.15) is 33.1 Å². The Kier molecular flexibility index (Phi) is 6.05. The Hall–Kier alpha value is -0.650. The van der Waals surface area contributed by atoms with Gasteiger partial charge in [0.25, 0.3) is 0 Å². The molecule has 0 aliphatic carbocycles. The van der Waals surface area contributed by atoms with Crippen LogP contribution in [-0.2, 0) is 14.3 Å². The van der Waals surface area contributed by atoms with Crippen LogP contribution in [0.4, 0.5) is 0 Å². The van der Waals surface area contributed by atoms with Gasteiger partial charge in [-0.2, -0.15) is 0 Å². The van der Waals surface area contributed by atoms with Crippen molar-refractivity contribution in [2.24, 2.45) is 11.1 Å².